The van der Waals surface area contributed by atoms with Gasteiger partial charge in [-0.25, -0.2) is 5.43 Å². The quantitative estimate of drug-likeness (QED) is 0.612. The highest BCUT2D eigenvalue weighted by molar-refractivity contribution is 6.36. The maximum atomic E-state index is 12.9. The van der Waals surface area contributed by atoms with Gasteiger partial charge in [-0.05, 0) is 24.3 Å². The number of hydrogen-bond acceptors (Lipinski definition) is 3. The molecule has 0 saturated heterocycles. The third kappa shape index (κ3) is 3.98. The van der Waals surface area contributed by atoms with Crippen LogP contribution in [0.15, 0.2) is 41.5 Å². The van der Waals surface area contributed by atoms with Gasteiger partial charge in [0.1, 0.15) is 5.75 Å². The summed E-state index contributed by atoms with van der Waals surface area (Å²) in [5.74, 6) is -1.42. The number of hydrazone groups is 1. The number of nitrogens with zero attached hydrogens (tertiary/aromatic N) is 1. The van der Waals surface area contributed by atoms with Crippen LogP contribution in [0.1, 0.15) is 21.5 Å². The van der Waals surface area contributed by atoms with Crippen LogP contribution in [-0.2, 0) is 6.18 Å². The first-order valence-corrected chi connectivity index (χ1v) is 7.14. The number of aromatic hydroxyl groups is 1. The van der Waals surface area contributed by atoms with Gasteiger partial charge in [0, 0.05) is 0 Å². The lowest BCUT2D eigenvalue weighted by atomic mass is 10.1. The fourth-order valence-corrected chi connectivity index (χ4v) is 2.19. The fourth-order valence-electron chi connectivity index (χ4n) is 1.82. The first kappa shape index (κ1) is 18.1. The number of alkyl halides is 3. The summed E-state index contributed by atoms with van der Waals surface area (Å²) in [6.07, 6.45) is -3.69. The predicted molar refractivity (Wildman–Crippen MR) is 84.6 cm³/mol. The van der Waals surface area contributed by atoms with Crippen molar-refractivity contribution in [1.82, 2.24) is 5.43 Å². The summed E-state index contributed by atoms with van der Waals surface area (Å²) in [5, 5.41) is 13.4. The van der Waals surface area contributed by atoms with Crippen molar-refractivity contribution in [3.8, 4) is 5.75 Å². The molecule has 0 saturated carbocycles. The lowest BCUT2D eigenvalue weighted by molar-refractivity contribution is -0.137. The maximum absolute atomic E-state index is 12.9. The Kier molecular flexibility index (Phi) is 5.36. The summed E-state index contributed by atoms with van der Waals surface area (Å²) in [4.78, 5) is 11.9. The van der Waals surface area contributed by atoms with Gasteiger partial charge in [0.2, 0.25) is 0 Å². The number of hydrogen-bond donors (Lipinski definition) is 2. The molecule has 0 radical (unpaired) electrons. The minimum atomic E-state index is -4.67. The highest BCUT2D eigenvalue weighted by Crippen LogP contribution is 2.32. The third-order valence-electron chi connectivity index (χ3n) is 2.95. The summed E-state index contributed by atoms with van der Waals surface area (Å²) in [5.41, 5.74) is 0.311. The standard InChI is InChI=1S/C15H9Cl2F3N2O2/c16-11-5-6-12(17)13(23)9(11)7-21-22-14(24)8-3-1-2-4-10(8)15(18,19)20/h1-7,23H,(H,22,24)/b21-7+. The summed E-state index contributed by atoms with van der Waals surface area (Å²) in [6, 6.07) is 7.04. The normalized spacial score (nSPS) is 11.7. The van der Waals surface area contributed by atoms with Crippen LogP contribution >= 0.6 is 23.2 Å². The van der Waals surface area contributed by atoms with Gasteiger partial charge in [-0.2, -0.15) is 18.3 Å². The summed E-state index contributed by atoms with van der Waals surface area (Å²) < 4.78 is 38.6. The molecule has 0 unspecified atom stereocenters. The lowest BCUT2D eigenvalue weighted by Crippen LogP contribution is -2.22. The minimum Gasteiger partial charge on any atom is -0.506 e. The van der Waals surface area contributed by atoms with E-state index in [0.717, 1.165) is 18.3 Å². The average Bonchev–Trinajstić information content (AvgIpc) is 2.53. The molecule has 2 rings (SSSR count). The van der Waals surface area contributed by atoms with Gasteiger partial charge in [-0.3, -0.25) is 4.79 Å². The molecule has 2 aromatic carbocycles. The summed E-state index contributed by atoms with van der Waals surface area (Å²) in [7, 11) is 0. The smallest absolute Gasteiger partial charge is 0.417 e. The van der Waals surface area contributed by atoms with Gasteiger partial charge in [0.25, 0.3) is 5.91 Å². The summed E-state index contributed by atoms with van der Waals surface area (Å²) >= 11 is 11.6. The van der Waals surface area contributed by atoms with Crippen molar-refractivity contribution in [2.24, 2.45) is 5.10 Å². The molecule has 0 aliphatic carbocycles. The van der Waals surface area contributed by atoms with Crippen molar-refractivity contribution in [3.63, 3.8) is 0 Å². The second-order valence-electron chi connectivity index (χ2n) is 4.53. The highest BCUT2D eigenvalue weighted by atomic mass is 35.5. The molecule has 4 nitrogen and oxygen atoms in total. The monoisotopic (exact) mass is 376 g/mol. The first-order valence-electron chi connectivity index (χ1n) is 6.38. The van der Waals surface area contributed by atoms with Crippen LogP contribution in [0.2, 0.25) is 10.0 Å². The molecule has 0 heterocycles. The van der Waals surface area contributed by atoms with E-state index in [-0.39, 0.29) is 21.4 Å². The van der Waals surface area contributed by atoms with Crippen LogP contribution in [0.5, 0.6) is 5.75 Å². The molecule has 0 atom stereocenters. The molecule has 0 spiro atoms. The second-order valence-corrected chi connectivity index (χ2v) is 5.35. The van der Waals surface area contributed by atoms with Crippen molar-refractivity contribution in [2.45, 2.75) is 6.18 Å². The van der Waals surface area contributed by atoms with Gasteiger partial charge >= 0.3 is 6.18 Å². The van der Waals surface area contributed by atoms with Crippen molar-refractivity contribution in [2.75, 3.05) is 0 Å². The van der Waals surface area contributed by atoms with E-state index in [1.54, 1.807) is 0 Å². The number of halogens is 5. The number of phenolic OH excluding ortho intramolecular Hbond substituents is 1. The molecule has 2 aromatic rings. The lowest BCUT2D eigenvalue weighted by Gasteiger charge is -2.11. The second kappa shape index (κ2) is 7.11. The van der Waals surface area contributed by atoms with Crippen LogP contribution < -0.4 is 5.43 Å². The van der Waals surface area contributed by atoms with Crippen LogP contribution in [0.4, 0.5) is 13.2 Å². The molecule has 0 aromatic heterocycles. The van der Waals surface area contributed by atoms with Crippen molar-refractivity contribution >= 4 is 35.3 Å². The highest BCUT2D eigenvalue weighted by Gasteiger charge is 2.34. The van der Waals surface area contributed by atoms with E-state index in [1.165, 1.54) is 24.3 Å². The zero-order chi connectivity index (χ0) is 17.9. The Morgan fingerprint density at radius 2 is 1.75 bits per heavy atom. The zero-order valence-electron chi connectivity index (χ0n) is 11.7. The number of rotatable bonds is 3. The fraction of sp³-hybridized carbons (Fsp3) is 0.0667. The molecule has 0 aliphatic heterocycles. The van der Waals surface area contributed by atoms with E-state index in [0.29, 0.717) is 0 Å². The van der Waals surface area contributed by atoms with E-state index in [1.807, 2.05) is 5.43 Å². The largest absolute Gasteiger partial charge is 0.506 e. The molecular weight excluding hydrogens is 368 g/mol. The summed E-state index contributed by atoms with van der Waals surface area (Å²) in [6.45, 7) is 0. The van der Waals surface area contributed by atoms with Gasteiger partial charge in [0.05, 0.1) is 33.0 Å². The van der Waals surface area contributed by atoms with E-state index in [9.17, 15) is 23.1 Å². The molecule has 0 fully saturated rings. The number of carbonyl (C=O) groups excluding carboxylic acids is 1. The number of phenols is 1. The number of amides is 1. The third-order valence-corrected chi connectivity index (χ3v) is 3.59. The molecule has 24 heavy (non-hydrogen) atoms. The zero-order valence-corrected chi connectivity index (χ0v) is 13.2. The SMILES string of the molecule is O=C(N/N=C/c1c(Cl)ccc(Cl)c1O)c1ccccc1C(F)(F)F. The molecular formula is C15H9Cl2F3N2O2. The average molecular weight is 377 g/mol. The van der Waals surface area contributed by atoms with E-state index in [2.05, 4.69) is 5.10 Å². The minimum absolute atomic E-state index is 0.00888. The van der Waals surface area contributed by atoms with E-state index < -0.39 is 23.2 Å². The number of carbonyl (C=O) groups is 1. The van der Waals surface area contributed by atoms with Crippen molar-refractivity contribution < 1.29 is 23.1 Å². The Bertz CT molecular complexity index is 808. The van der Waals surface area contributed by atoms with Crippen molar-refractivity contribution in [3.05, 3.63) is 63.1 Å². The van der Waals surface area contributed by atoms with Gasteiger partial charge in [-0.15, -0.1) is 0 Å². The van der Waals surface area contributed by atoms with Crippen LogP contribution in [0, 0.1) is 0 Å². The predicted octanol–water partition coefficient (Wildman–Crippen LogP) is 4.48. The van der Waals surface area contributed by atoms with Gasteiger partial charge in [-0.1, -0.05) is 35.3 Å². The number of benzene rings is 2. The van der Waals surface area contributed by atoms with Gasteiger partial charge < -0.3 is 5.11 Å². The van der Waals surface area contributed by atoms with Crippen LogP contribution in [-0.4, -0.2) is 17.2 Å². The topological polar surface area (TPSA) is 61.7 Å². The van der Waals surface area contributed by atoms with E-state index in [4.69, 9.17) is 23.2 Å². The van der Waals surface area contributed by atoms with Crippen molar-refractivity contribution in [1.29, 1.82) is 0 Å². The molecule has 1 amide bonds. The Labute approximate surface area is 144 Å². The van der Waals surface area contributed by atoms with Crippen LogP contribution in [0.3, 0.4) is 0 Å². The van der Waals surface area contributed by atoms with Gasteiger partial charge in [0.15, 0.2) is 0 Å². The van der Waals surface area contributed by atoms with Crippen LogP contribution in [0.25, 0.3) is 0 Å². The number of nitrogens with one attached hydrogen (secondary N) is 1. The Balaban J connectivity index is 2.23. The molecule has 0 aliphatic rings. The first-order chi connectivity index (χ1) is 11.2. The molecule has 2 N–H and O–H groups in total. The van der Waals surface area contributed by atoms with E-state index >= 15 is 0 Å². The molecule has 126 valence electrons. The Morgan fingerprint density at radius 3 is 2.42 bits per heavy atom. The molecule has 0 bridgehead atoms. The maximum Gasteiger partial charge on any atom is 0.417 e. The Hall–Kier alpha value is -2.25. The molecule has 9 heteroatoms. The Morgan fingerprint density at radius 1 is 1.12 bits per heavy atom.